The van der Waals surface area contributed by atoms with Crippen LogP contribution in [0.3, 0.4) is 0 Å². The van der Waals surface area contributed by atoms with Gasteiger partial charge in [0.1, 0.15) is 0 Å². The van der Waals surface area contributed by atoms with E-state index < -0.39 is 0 Å². The molecule has 0 aromatic heterocycles. The molecule has 0 bridgehead atoms. The largest absolute Gasteiger partial charge is 0.305 e. The Bertz CT molecular complexity index is 552. The molecule has 0 spiro atoms. The molecule has 0 amide bonds. The summed E-state index contributed by atoms with van der Waals surface area (Å²) in [4.78, 5) is 2.24. The van der Waals surface area contributed by atoms with Crippen molar-refractivity contribution in [2.24, 2.45) is 0 Å². The summed E-state index contributed by atoms with van der Waals surface area (Å²) in [5, 5.41) is 0. The lowest BCUT2D eigenvalue weighted by atomic mass is 10.0. The molecule has 0 aliphatic heterocycles. The maximum atomic E-state index is 2.38. The lowest BCUT2D eigenvalue weighted by Gasteiger charge is -2.11. The fraction of sp³-hybridized carbons (Fsp3) is 0.444. The van der Waals surface area contributed by atoms with Crippen LogP contribution in [0.2, 0.25) is 0 Å². The number of aryl methyl sites for hydroxylation is 2. The van der Waals surface area contributed by atoms with Crippen LogP contribution in [0.4, 0.5) is 0 Å². The van der Waals surface area contributed by atoms with Crippen LogP contribution in [0.1, 0.15) is 42.0 Å². The third-order valence-electron chi connectivity index (χ3n) is 3.79. The van der Waals surface area contributed by atoms with E-state index in [1.165, 1.54) is 33.4 Å². The minimum Gasteiger partial charge on any atom is -0.305 e. The molecule has 2 aliphatic carbocycles. The third-order valence-corrected chi connectivity index (χ3v) is 3.79. The van der Waals surface area contributed by atoms with Crippen LogP contribution < -0.4 is 0 Å². The summed E-state index contributed by atoms with van der Waals surface area (Å²) >= 11 is 0. The first-order valence-electron chi connectivity index (χ1n) is 7.07. The van der Waals surface area contributed by atoms with E-state index >= 15 is 0 Å². The van der Waals surface area contributed by atoms with E-state index in [1.807, 2.05) is 0 Å². The van der Waals surface area contributed by atoms with Crippen LogP contribution >= 0.6 is 0 Å². The van der Waals surface area contributed by atoms with E-state index in [0.717, 1.165) is 6.54 Å². The topological polar surface area (TPSA) is 3.24 Å². The Balaban J connectivity index is 2.64. The summed E-state index contributed by atoms with van der Waals surface area (Å²) in [6.07, 6.45) is 0. The predicted octanol–water partition coefficient (Wildman–Crippen LogP) is 4.59. The number of rotatable bonds is 3. The fourth-order valence-electron chi connectivity index (χ4n) is 2.78. The standard InChI is InChI=1S/C18H25N/c1-12(2)15-8-7-13(3)18-16(11-19(5)6)9-14(4)17(18)10-15/h7-10,12H,11H2,1-6H3. The minimum absolute atomic E-state index is 0.571. The number of hydrogen-bond acceptors (Lipinski definition) is 1. The molecular formula is C18H25N. The van der Waals surface area contributed by atoms with Crippen molar-refractivity contribution < 1.29 is 0 Å². The highest BCUT2D eigenvalue weighted by Gasteiger charge is 2.16. The van der Waals surface area contributed by atoms with Gasteiger partial charge in [-0.2, -0.15) is 0 Å². The average molecular weight is 255 g/mol. The van der Waals surface area contributed by atoms with Gasteiger partial charge in [0.05, 0.1) is 0 Å². The van der Waals surface area contributed by atoms with E-state index in [9.17, 15) is 0 Å². The second-order valence-electron chi connectivity index (χ2n) is 6.19. The van der Waals surface area contributed by atoms with Gasteiger partial charge in [0.15, 0.2) is 0 Å². The molecule has 0 fully saturated rings. The molecule has 102 valence electrons. The summed E-state index contributed by atoms with van der Waals surface area (Å²) in [6, 6.07) is 9.28. The van der Waals surface area contributed by atoms with Gasteiger partial charge in [-0.1, -0.05) is 38.1 Å². The second kappa shape index (κ2) is 5.34. The zero-order valence-electron chi connectivity index (χ0n) is 13.0. The lowest BCUT2D eigenvalue weighted by Crippen LogP contribution is -2.10. The van der Waals surface area contributed by atoms with Gasteiger partial charge in [-0.3, -0.25) is 0 Å². The van der Waals surface area contributed by atoms with E-state index in [4.69, 9.17) is 0 Å². The maximum Gasteiger partial charge on any atom is 0.0234 e. The number of fused-ring (bicyclic) bond motifs is 1. The van der Waals surface area contributed by atoms with Crippen molar-refractivity contribution in [2.45, 2.75) is 40.2 Å². The smallest absolute Gasteiger partial charge is 0.0234 e. The molecule has 0 atom stereocenters. The van der Waals surface area contributed by atoms with Crippen LogP contribution in [0.25, 0.3) is 11.1 Å². The van der Waals surface area contributed by atoms with Crippen molar-refractivity contribution in [3.8, 4) is 11.1 Å². The van der Waals surface area contributed by atoms with Crippen molar-refractivity contribution in [1.29, 1.82) is 0 Å². The molecule has 0 saturated carbocycles. The average Bonchev–Trinajstić information content (AvgIpc) is 2.49. The molecule has 0 aromatic carbocycles. The Morgan fingerprint density at radius 2 is 1.68 bits per heavy atom. The van der Waals surface area contributed by atoms with E-state index in [-0.39, 0.29) is 0 Å². The van der Waals surface area contributed by atoms with Gasteiger partial charge in [0.2, 0.25) is 0 Å². The Labute approximate surface area is 117 Å². The van der Waals surface area contributed by atoms with Crippen molar-refractivity contribution in [3.05, 3.63) is 46.5 Å². The lowest BCUT2D eigenvalue weighted by molar-refractivity contribution is 0.403. The molecule has 1 nitrogen and oxygen atoms in total. The molecule has 0 radical (unpaired) electrons. The van der Waals surface area contributed by atoms with Gasteiger partial charge in [0, 0.05) is 6.54 Å². The Morgan fingerprint density at radius 1 is 1.00 bits per heavy atom. The minimum atomic E-state index is 0.571. The summed E-state index contributed by atoms with van der Waals surface area (Å²) in [5.41, 5.74) is 8.50. The molecule has 0 aromatic rings. The van der Waals surface area contributed by atoms with E-state index in [1.54, 1.807) is 0 Å². The highest BCUT2D eigenvalue weighted by atomic mass is 15.0. The summed E-state index contributed by atoms with van der Waals surface area (Å²) in [7, 11) is 4.26. The van der Waals surface area contributed by atoms with Gasteiger partial charge in [-0.05, 0) is 67.2 Å². The van der Waals surface area contributed by atoms with Crippen LogP contribution in [-0.2, 0) is 6.54 Å². The monoisotopic (exact) mass is 255 g/mol. The molecule has 1 heteroatoms. The second-order valence-corrected chi connectivity index (χ2v) is 6.19. The van der Waals surface area contributed by atoms with Gasteiger partial charge >= 0.3 is 0 Å². The summed E-state index contributed by atoms with van der Waals surface area (Å²) in [5.74, 6) is 0.571. The summed E-state index contributed by atoms with van der Waals surface area (Å²) in [6.45, 7) is 9.98. The molecule has 0 unspecified atom stereocenters. The molecular weight excluding hydrogens is 230 g/mol. The summed E-state index contributed by atoms with van der Waals surface area (Å²) < 4.78 is 0. The highest BCUT2D eigenvalue weighted by Crippen LogP contribution is 2.36. The zero-order valence-corrected chi connectivity index (χ0v) is 13.0. The van der Waals surface area contributed by atoms with Gasteiger partial charge in [-0.15, -0.1) is 0 Å². The van der Waals surface area contributed by atoms with Gasteiger partial charge in [0.25, 0.3) is 0 Å². The zero-order chi connectivity index (χ0) is 14.2. The number of nitrogens with zero attached hydrogens (tertiary/aromatic N) is 1. The highest BCUT2D eigenvalue weighted by molar-refractivity contribution is 5.77. The maximum absolute atomic E-state index is 2.38. The molecule has 0 N–H and O–H groups in total. The quantitative estimate of drug-likeness (QED) is 0.775. The molecule has 19 heavy (non-hydrogen) atoms. The van der Waals surface area contributed by atoms with Gasteiger partial charge < -0.3 is 4.90 Å². The van der Waals surface area contributed by atoms with Crippen LogP contribution in [0.15, 0.2) is 24.3 Å². The predicted molar refractivity (Wildman–Crippen MR) is 84.0 cm³/mol. The first kappa shape index (κ1) is 14.1. The first-order chi connectivity index (χ1) is 8.90. The van der Waals surface area contributed by atoms with E-state index in [2.05, 4.69) is 71.0 Å². The van der Waals surface area contributed by atoms with Crippen molar-refractivity contribution in [3.63, 3.8) is 0 Å². The SMILES string of the molecule is Cc1cc(CN(C)C)c2c(C)ccc(C(C)C)cc1-2. The normalized spacial score (nSPS) is 11.8. The Kier molecular flexibility index (Phi) is 3.96. The Hall–Kier alpha value is -1.34. The van der Waals surface area contributed by atoms with E-state index in [0.29, 0.717) is 5.92 Å². The molecule has 2 rings (SSSR count). The number of hydrogen-bond donors (Lipinski definition) is 0. The third kappa shape index (κ3) is 2.82. The van der Waals surface area contributed by atoms with Crippen LogP contribution in [0.5, 0.6) is 0 Å². The molecule has 2 aliphatic rings. The van der Waals surface area contributed by atoms with Crippen molar-refractivity contribution >= 4 is 0 Å². The molecule has 0 heterocycles. The van der Waals surface area contributed by atoms with Crippen LogP contribution in [0, 0.1) is 13.8 Å². The Morgan fingerprint density at radius 3 is 2.26 bits per heavy atom. The van der Waals surface area contributed by atoms with Gasteiger partial charge in [-0.25, -0.2) is 0 Å². The van der Waals surface area contributed by atoms with Crippen molar-refractivity contribution in [2.75, 3.05) is 14.1 Å². The van der Waals surface area contributed by atoms with Crippen molar-refractivity contribution in [1.82, 2.24) is 4.90 Å². The van der Waals surface area contributed by atoms with Crippen LogP contribution in [-0.4, -0.2) is 19.0 Å². The fourth-order valence-corrected chi connectivity index (χ4v) is 2.78. The first-order valence-corrected chi connectivity index (χ1v) is 7.07. The molecule has 0 saturated heterocycles.